The van der Waals surface area contributed by atoms with Crippen molar-refractivity contribution in [2.75, 3.05) is 30.4 Å². The number of hydrogen-bond acceptors (Lipinski definition) is 7. The van der Waals surface area contributed by atoms with E-state index in [1.165, 1.54) is 12.1 Å². The lowest BCUT2D eigenvalue weighted by Crippen LogP contribution is -2.45. The van der Waals surface area contributed by atoms with Crippen molar-refractivity contribution >= 4 is 17.3 Å². The van der Waals surface area contributed by atoms with E-state index in [0.29, 0.717) is 18.8 Å². The third kappa shape index (κ3) is 4.54. The van der Waals surface area contributed by atoms with Gasteiger partial charge in [-0.05, 0) is 12.8 Å². The summed E-state index contributed by atoms with van der Waals surface area (Å²) < 4.78 is 0. The average molecular weight is 298 g/mol. The van der Waals surface area contributed by atoms with Gasteiger partial charge in [-0.25, -0.2) is 4.98 Å². The summed E-state index contributed by atoms with van der Waals surface area (Å²) in [5.41, 5.74) is -1.06. The molecule has 0 saturated heterocycles. The van der Waals surface area contributed by atoms with Gasteiger partial charge in [-0.15, -0.1) is 0 Å². The van der Waals surface area contributed by atoms with Crippen LogP contribution >= 0.6 is 0 Å². The van der Waals surface area contributed by atoms with E-state index in [1.807, 2.05) is 6.92 Å². The molecule has 0 fully saturated rings. The zero-order valence-corrected chi connectivity index (χ0v) is 12.3. The maximum Gasteiger partial charge on any atom is 0.276 e. The van der Waals surface area contributed by atoms with Crippen molar-refractivity contribution in [3.63, 3.8) is 0 Å². The zero-order valence-electron chi connectivity index (χ0n) is 12.3. The second kappa shape index (κ2) is 7.75. The van der Waals surface area contributed by atoms with Crippen LogP contribution in [0.3, 0.4) is 0 Å². The van der Waals surface area contributed by atoms with E-state index in [0.717, 1.165) is 6.42 Å². The molecule has 8 nitrogen and oxygen atoms in total. The highest BCUT2D eigenvalue weighted by Crippen LogP contribution is 2.24. The second-order valence-corrected chi connectivity index (χ2v) is 4.85. The number of aromatic nitrogens is 1. The van der Waals surface area contributed by atoms with E-state index in [1.54, 1.807) is 6.92 Å². The fraction of sp³-hybridized carbons (Fsp3) is 0.615. The van der Waals surface area contributed by atoms with Gasteiger partial charge in [-0.2, -0.15) is 0 Å². The molecule has 1 aromatic rings. The molecule has 0 radical (unpaired) electrons. The molecule has 8 heteroatoms. The minimum Gasteiger partial charge on any atom is -0.394 e. The first-order chi connectivity index (χ1) is 10.00. The molecule has 21 heavy (non-hydrogen) atoms. The van der Waals surface area contributed by atoms with E-state index in [-0.39, 0.29) is 24.7 Å². The summed E-state index contributed by atoms with van der Waals surface area (Å²) in [6.45, 7) is 3.81. The van der Waals surface area contributed by atoms with Gasteiger partial charge in [0, 0.05) is 6.54 Å². The first kappa shape index (κ1) is 17.1. The van der Waals surface area contributed by atoms with Gasteiger partial charge in [-0.1, -0.05) is 13.8 Å². The van der Waals surface area contributed by atoms with Gasteiger partial charge >= 0.3 is 0 Å². The molecule has 0 bridgehead atoms. The molecule has 0 spiro atoms. The molecule has 4 N–H and O–H groups in total. The minimum atomic E-state index is -0.954. The number of aliphatic hydroxyl groups is 2. The molecule has 1 heterocycles. The number of nitrogens with zero attached hydrogens (tertiary/aromatic N) is 2. The molecule has 0 aromatic carbocycles. The lowest BCUT2D eigenvalue weighted by Gasteiger charge is -2.30. The Kier molecular flexibility index (Phi) is 6.32. The van der Waals surface area contributed by atoms with Crippen molar-refractivity contribution < 1.29 is 15.1 Å². The summed E-state index contributed by atoms with van der Waals surface area (Å²) in [7, 11) is 0. The quantitative estimate of drug-likeness (QED) is 0.401. The van der Waals surface area contributed by atoms with Crippen molar-refractivity contribution in [3.05, 3.63) is 22.2 Å². The Morgan fingerprint density at radius 1 is 1.29 bits per heavy atom. The van der Waals surface area contributed by atoms with Crippen LogP contribution in [0.4, 0.5) is 17.3 Å². The fourth-order valence-corrected chi connectivity index (χ4v) is 1.74. The predicted octanol–water partition coefficient (Wildman–Crippen LogP) is 1.36. The number of hydrogen-bond donors (Lipinski definition) is 4. The molecule has 0 aliphatic heterocycles. The van der Waals surface area contributed by atoms with Gasteiger partial charge in [0.15, 0.2) is 0 Å². The van der Waals surface area contributed by atoms with E-state index in [9.17, 15) is 20.3 Å². The summed E-state index contributed by atoms with van der Waals surface area (Å²) in [5, 5.41) is 35.7. The normalized spacial score (nSPS) is 11.2. The lowest BCUT2D eigenvalue weighted by atomic mass is 9.98. The minimum absolute atomic E-state index is 0.105. The van der Waals surface area contributed by atoms with Crippen LogP contribution in [0.1, 0.15) is 26.7 Å². The Labute approximate surface area is 123 Å². The molecule has 118 valence electrons. The maximum atomic E-state index is 11.0. The predicted molar refractivity (Wildman–Crippen MR) is 80.5 cm³/mol. The van der Waals surface area contributed by atoms with Crippen LogP contribution in [0.2, 0.25) is 0 Å². The molecule has 0 aliphatic rings. The number of nitrogens with one attached hydrogen (secondary N) is 2. The topological polar surface area (TPSA) is 121 Å². The summed E-state index contributed by atoms with van der Waals surface area (Å²) in [6.07, 6.45) is 1.31. The highest BCUT2D eigenvalue weighted by atomic mass is 16.6. The average Bonchev–Trinajstić information content (AvgIpc) is 2.50. The Morgan fingerprint density at radius 3 is 2.38 bits per heavy atom. The third-order valence-electron chi connectivity index (χ3n) is 3.25. The Morgan fingerprint density at radius 2 is 1.90 bits per heavy atom. The second-order valence-electron chi connectivity index (χ2n) is 4.85. The Balaban J connectivity index is 3.09. The van der Waals surface area contributed by atoms with Crippen molar-refractivity contribution in [1.29, 1.82) is 0 Å². The molecule has 0 amide bonds. The largest absolute Gasteiger partial charge is 0.394 e. The zero-order chi connectivity index (χ0) is 15.9. The van der Waals surface area contributed by atoms with Gasteiger partial charge in [0.1, 0.15) is 11.6 Å². The smallest absolute Gasteiger partial charge is 0.276 e. The van der Waals surface area contributed by atoms with E-state index in [2.05, 4.69) is 15.6 Å². The standard InChI is InChI=1S/C13H22N4O4/c1-3-5-14-11-6-10(17(20)21)7-12(15-11)16-13(4-2,8-18)9-19/h6-7,18-19H,3-5,8-9H2,1-2H3,(H2,14,15,16). The summed E-state index contributed by atoms with van der Waals surface area (Å²) in [6, 6.07) is 2.64. The van der Waals surface area contributed by atoms with Gasteiger partial charge in [0.2, 0.25) is 0 Å². The monoisotopic (exact) mass is 298 g/mol. The third-order valence-corrected chi connectivity index (χ3v) is 3.25. The summed E-state index contributed by atoms with van der Waals surface area (Å²) >= 11 is 0. The SMILES string of the molecule is CCCNc1cc([N+](=O)[O-])cc(NC(CC)(CO)CO)n1. The molecular formula is C13H22N4O4. The van der Waals surface area contributed by atoms with E-state index >= 15 is 0 Å². The maximum absolute atomic E-state index is 11.0. The molecule has 0 unspecified atom stereocenters. The molecular weight excluding hydrogens is 276 g/mol. The van der Waals surface area contributed by atoms with Gasteiger partial charge < -0.3 is 20.8 Å². The summed E-state index contributed by atoms with van der Waals surface area (Å²) in [5.74, 6) is 0.627. The van der Waals surface area contributed by atoms with Crippen LogP contribution in [0.15, 0.2) is 12.1 Å². The van der Waals surface area contributed by atoms with Crippen LogP contribution in [-0.2, 0) is 0 Å². The highest BCUT2D eigenvalue weighted by Gasteiger charge is 2.27. The molecule has 1 aromatic heterocycles. The number of pyridine rings is 1. The molecule has 0 atom stereocenters. The first-order valence-electron chi connectivity index (χ1n) is 6.90. The lowest BCUT2D eigenvalue weighted by molar-refractivity contribution is -0.384. The van der Waals surface area contributed by atoms with E-state index < -0.39 is 10.5 Å². The Bertz CT molecular complexity index is 469. The molecule has 0 aliphatic carbocycles. The number of rotatable bonds is 9. The van der Waals surface area contributed by atoms with Crippen molar-refractivity contribution in [2.45, 2.75) is 32.2 Å². The first-order valence-corrected chi connectivity index (χ1v) is 6.90. The van der Waals surface area contributed by atoms with Gasteiger partial charge in [-0.3, -0.25) is 10.1 Å². The number of nitro groups is 1. The fourth-order valence-electron chi connectivity index (χ4n) is 1.74. The van der Waals surface area contributed by atoms with Crippen LogP contribution < -0.4 is 10.6 Å². The van der Waals surface area contributed by atoms with Crippen LogP contribution in [-0.4, -0.2) is 45.4 Å². The molecule has 0 saturated carbocycles. The van der Waals surface area contributed by atoms with E-state index in [4.69, 9.17) is 0 Å². The van der Waals surface area contributed by atoms with Crippen LogP contribution in [0.25, 0.3) is 0 Å². The summed E-state index contributed by atoms with van der Waals surface area (Å²) in [4.78, 5) is 14.7. The van der Waals surface area contributed by atoms with Crippen molar-refractivity contribution in [1.82, 2.24) is 4.98 Å². The number of aliphatic hydroxyl groups excluding tert-OH is 2. The number of anilines is 2. The van der Waals surface area contributed by atoms with Crippen LogP contribution in [0.5, 0.6) is 0 Å². The van der Waals surface area contributed by atoms with Crippen LogP contribution in [0, 0.1) is 10.1 Å². The van der Waals surface area contributed by atoms with Crippen molar-refractivity contribution in [3.8, 4) is 0 Å². The molecule has 1 rings (SSSR count). The van der Waals surface area contributed by atoms with Gasteiger partial charge in [0.25, 0.3) is 5.69 Å². The van der Waals surface area contributed by atoms with Gasteiger partial charge in [0.05, 0.1) is 35.8 Å². The highest BCUT2D eigenvalue weighted by molar-refractivity contribution is 5.55. The Hall–Kier alpha value is -1.93. The van der Waals surface area contributed by atoms with Crippen molar-refractivity contribution in [2.24, 2.45) is 0 Å².